The minimum absolute atomic E-state index is 0.00532. The average Bonchev–Trinajstić information content (AvgIpc) is 2.49. The minimum atomic E-state index is -2.90. The molecule has 0 heterocycles. The lowest BCUT2D eigenvalue weighted by atomic mass is 10.2. The predicted octanol–water partition coefficient (Wildman–Crippen LogP) is 2.54. The van der Waals surface area contributed by atoms with Crippen molar-refractivity contribution in [1.82, 2.24) is 10.6 Å². The molecule has 0 aliphatic heterocycles. The van der Waals surface area contributed by atoms with E-state index in [0.717, 1.165) is 5.56 Å². The predicted molar refractivity (Wildman–Crippen MR) is 82.6 cm³/mol. The van der Waals surface area contributed by atoms with Crippen LogP contribution in [0.2, 0.25) is 0 Å². The Kier molecular flexibility index (Phi) is 7.74. The van der Waals surface area contributed by atoms with Crippen LogP contribution in [-0.4, -0.2) is 32.8 Å². The van der Waals surface area contributed by atoms with Gasteiger partial charge in [-0.15, -0.1) is 6.58 Å². The third kappa shape index (κ3) is 5.99. The first kappa shape index (κ1) is 17.7. The Hall–Kier alpha value is -2.31. The lowest BCUT2D eigenvalue weighted by molar-refractivity contribution is -0.0512. The zero-order valence-electron chi connectivity index (χ0n) is 12.7. The molecular formula is C15H21F2N3O2. The fourth-order valence-corrected chi connectivity index (χ4v) is 1.69. The first-order valence-corrected chi connectivity index (χ1v) is 6.85. The number of alkyl halides is 2. The molecule has 0 amide bonds. The molecule has 0 aliphatic rings. The topological polar surface area (TPSA) is 54.9 Å². The van der Waals surface area contributed by atoms with Gasteiger partial charge in [-0.3, -0.25) is 0 Å². The molecule has 5 nitrogen and oxygen atoms in total. The van der Waals surface area contributed by atoms with Crippen molar-refractivity contribution in [2.45, 2.75) is 20.1 Å². The number of methoxy groups -OCH3 is 1. The molecule has 0 fully saturated rings. The van der Waals surface area contributed by atoms with Crippen molar-refractivity contribution < 1.29 is 18.3 Å². The van der Waals surface area contributed by atoms with Crippen LogP contribution in [0.3, 0.4) is 0 Å². The van der Waals surface area contributed by atoms with Crippen LogP contribution in [0.5, 0.6) is 11.5 Å². The molecule has 7 heteroatoms. The second kappa shape index (κ2) is 9.59. The van der Waals surface area contributed by atoms with Crippen LogP contribution >= 0.6 is 0 Å². The maximum absolute atomic E-state index is 12.4. The first-order chi connectivity index (χ1) is 10.6. The number of nitrogens with zero attached hydrogens (tertiary/aromatic N) is 1. The van der Waals surface area contributed by atoms with E-state index >= 15 is 0 Å². The zero-order valence-corrected chi connectivity index (χ0v) is 12.7. The molecule has 0 atom stereocenters. The van der Waals surface area contributed by atoms with E-state index in [1.54, 1.807) is 18.2 Å². The number of nitrogens with one attached hydrogen (secondary N) is 2. The fraction of sp³-hybridized carbons (Fsp3) is 0.400. The highest BCUT2D eigenvalue weighted by atomic mass is 19.3. The van der Waals surface area contributed by atoms with E-state index in [2.05, 4.69) is 26.9 Å². The second-order valence-electron chi connectivity index (χ2n) is 4.23. The lowest BCUT2D eigenvalue weighted by Crippen LogP contribution is -2.37. The highest BCUT2D eigenvalue weighted by Gasteiger charge is 2.11. The smallest absolute Gasteiger partial charge is 0.387 e. The van der Waals surface area contributed by atoms with Crippen molar-refractivity contribution >= 4 is 5.96 Å². The molecule has 0 aromatic heterocycles. The Morgan fingerprint density at radius 3 is 2.73 bits per heavy atom. The first-order valence-electron chi connectivity index (χ1n) is 6.85. The third-order valence-electron chi connectivity index (χ3n) is 2.62. The van der Waals surface area contributed by atoms with Crippen LogP contribution in [0.4, 0.5) is 8.78 Å². The van der Waals surface area contributed by atoms with Gasteiger partial charge in [0.25, 0.3) is 0 Å². The summed E-state index contributed by atoms with van der Waals surface area (Å²) in [5.74, 6) is 0.869. The van der Waals surface area contributed by atoms with Crippen LogP contribution in [0.1, 0.15) is 12.5 Å². The molecule has 0 saturated carbocycles. The Bertz CT molecular complexity index is 508. The summed E-state index contributed by atoms with van der Waals surface area (Å²) in [6, 6.07) is 4.82. The largest absolute Gasteiger partial charge is 0.493 e. The monoisotopic (exact) mass is 313 g/mol. The molecule has 0 radical (unpaired) electrons. The van der Waals surface area contributed by atoms with E-state index in [1.807, 2.05) is 6.92 Å². The Morgan fingerprint density at radius 1 is 1.36 bits per heavy atom. The molecule has 1 aromatic carbocycles. The second-order valence-corrected chi connectivity index (χ2v) is 4.23. The van der Waals surface area contributed by atoms with Gasteiger partial charge in [-0.25, -0.2) is 4.99 Å². The Balaban J connectivity index is 2.84. The van der Waals surface area contributed by atoms with E-state index in [9.17, 15) is 8.78 Å². The van der Waals surface area contributed by atoms with E-state index in [1.165, 1.54) is 13.2 Å². The summed E-state index contributed by atoms with van der Waals surface area (Å²) in [6.45, 7) is 4.28. The number of aliphatic imine (C=N–C) groups is 1. The lowest BCUT2D eigenvalue weighted by Gasteiger charge is -2.12. The van der Waals surface area contributed by atoms with Crippen LogP contribution < -0.4 is 20.1 Å². The number of hydrogen-bond donors (Lipinski definition) is 2. The number of ether oxygens (including phenoxy) is 2. The van der Waals surface area contributed by atoms with E-state index < -0.39 is 6.61 Å². The van der Waals surface area contributed by atoms with E-state index in [4.69, 9.17) is 4.74 Å². The maximum atomic E-state index is 12.4. The van der Waals surface area contributed by atoms with E-state index in [-0.39, 0.29) is 11.5 Å². The minimum Gasteiger partial charge on any atom is -0.493 e. The number of halogens is 2. The summed E-state index contributed by atoms with van der Waals surface area (Å²) in [5, 5.41) is 6.13. The molecule has 1 rings (SSSR count). The van der Waals surface area contributed by atoms with Gasteiger partial charge < -0.3 is 20.1 Å². The van der Waals surface area contributed by atoms with Crippen molar-refractivity contribution in [1.29, 1.82) is 0 Å². The molecule has 0 aliphatic carbocycles. The van der Waals surface area contributed by atoms with Crippen molar-refractivity contribution in [3.63, 3.8) is 0 Å². The average molecular weight is 313 g/mol. The molecule has 22 heavy (non-hydrogen) atoms. The quantitative estimate of drug-likeness (QED) is 0.440. The van der Waals surface area contributed by atoms with Gasteiger partial charge in [0.05, 0.1) is 13.7 Å². The molecule has 1 aromatic rings. The van der Waals surface area contributed by atoms with Crippen LogP contribution in [0.25, 0.3) is 0 Å². The number of rotatable bonds is 8. The molecule has 2 N–H and O–H groups in total. The molecule has 122 valence electrons. The zero-order chi connectivity index (χ0) is 16.4. The van der Waals surface area contributed by atoms with Gasteiger partial charge in [-0.2, -0.15) is 8.78 Å². The van der Waals surface area contributed by atoms with Gasteiger partial charge in [0.2, 0.25) is 0 Å². The summed E-state index contributed by atoms with van der Waals surface area (Å²) >= 11 is 0. The standard InChI is InChI=1S/C15H21F2N3O2/c1-4-8-19-15(18-5-2)20-10-11-6-7-12(21-3)13(9-11)22-14(16)17/h4,6-7,9,14H,1,5,8,10H2,2-3H3,(H2,18,19,20). The number of hydrogen-bond acceptors (Lipinski definition) is 3. The van der Waals surface area contributed by atoms with Gasteiger partial charge in [-0.1, -0.05) is 12.1 Å². The number of guanidine groups is 1. The highest BCUT2D eigenvalue weighted by molar-refractivity contribution is 5.79. The fourth-order valence-electron chi connectivity index (χ4n) is 1.69. The summed E-state index contributed by atoms with van der Waals surface area (Å²) in [6.07, 6.45) is 1.72. The Labute approximate surface area is 129 Å². The van der Waals surface area contributed by atoms with Gasteiger partial charge >= 0.3 is 6.61 Å². The van der Waals surface area contributed by atoms with Crippen molar-refractivity contribution in [3.8, 4) is 11.5 Å². The summed E-state index contributed by atoms with van der Waals surface area (Å²) in [7, 11) is 1.40. The van der Waals surface area contributed by atoms with Gasteiger partial charge in [0.15, 0.2) is 17.5 Å². The van der Waals surface area contributed by atoms with Gasteiger partial charge in [0, 0.05) is 13.1 Å². The summed E-state index contributed by atoms with van der Waals surface area (Å²) in [5.41, 5.74) is 0.729. The SMILES string of the molecule is C=CCNC(=NCc1ccc(OC)c(OC(F)F)c1)NCC. The van der Waals surface area contributed by atoms with Gasteiger partial charge in [-0.05, 0) is 24.6 Å². The molecule has 0 bridgehead atoms. The number of benzene rings is 1. The van der Waals surface area contributed by atoms with Gasteiger partial charge in [0.1, 0.15) is 0 Å². The molecule has 0 saturated heterocycles. The van der Waals surface area contributed by atoms with Crippen LogP contribution in [0.15, 0.2) is 35.8 Å². The maximum Gasteiger partial charge on any atom is 0.387 e. The molecular weight excluding hydrogens is 292 g/mol. The molecule has 0 unspecified atom stereocenters. The highest BCUT2D eigenvalue weighted by Crippen LogP contribution is 2.29. The summed E-state index contributed by atoms with van der Waals surface area (Å²) < 4.78 is 34.2. The Morgan fingerprint density at radius 2 is 2.14 bits per heavy atom. The van der Waals surface area contributed by atoms with E-state index in [0.29, 0.717) is 25.6 Å². The van der Waals surface area contributed by atoms with Crippen LogP contribution in [-0.2, 0) is 6.54 Å². The van der Waals surface area contributed by atoms with Crippen molar-refractivity contribution in [2.75, 3.05) is 20.2 Å². The third-order valence-corrected chi connectivity index (χ3v) is 2.62. The summed E-state index contributed by atoms with van der Waals surface area (Å²) in [4.78, 5) is 4.36. The molecule has 0 spiro atoms. The van der Waals surface area contributed by atoms with Crippen molar-refractivity contribution in [2.24, 2.45) is 4.99 Å². The van der Waals surface area contributed by atoms with Crippen LogP contribution in [0, 0.1) is 0 Å². The van der Waals surface area contributed by atoms with Crippen molar-refractivity contribution in [3.05, 3.63) is 36.4 Å². The normalized spacial score (nSPS) is 11.2.